The maximum Gasteiger partial charge on any atom is 0.127 e. The molecule has 3 heteroatoms. The number of nitrogens with two attached hydrogens (primary N) is 1. The van der Waals surface area contributed by atoms with Gasteiger partial charge in [-0.25, -0.2) is 4.39 Å². The van der Waals surface area contributed by atoms with Crippen LogP contribution >= 0.6 is 15.9 Å². The summed E-state index contributed by atoms with van der Waals surface area (Å²) in [5.74, 6) is 0.472. The molecule has 0 aromatic heterocycles. The van der Waals surface area contributed by atoms with E-state index in [0.29, 0.717) is 12.5 Å². The number of hydrogen-bond donors (Lipinski definition) is 1. The van der Waals surface area contributed by atoms with Gasteiger partial charge in [0.25, 0.3) is 0 Å². The summed E-state index contributed by atoms with van der Waals surface area (Å²) in [7, 11) is 0. The summed E-state index contributed by atoms with van der Waals surface area (Å²) in [6.45, 7) is 6.79. The minimum atomic E-state index is -0.135. The third-order valence-electron chi connectivity index (χ3n) is 2.96. The minimum Gasteiger partial charge on any atom is -0.330 e. The number of rotatable bonds is 4. The Morgan fingerprint density at radius 1 is 1.38 bits per heavy atom. The second kappa shape index (κ2) is 5.78. The fourth-order valence-electron chi connectivity index (χ4n) is 1.99. The van der Waals surface area contributed by atoms with Gasteiger partial charge in [0, 0.05) is 4.47 Å². The maximum atomic E-state index is 13.9. The normalized spacial score (nSPS) is 13.2. The zero-order chi connectivity index (χ0) is 12.3. The molecule has 1 nitrogen and oxygen atoms in total. The van der Waals surface area contributed by atoms with Crippen molar-refractivity contribution < 1.29 is 4.39 Å². The lowest BCUT2D eigenvalue weighted by Gasteiger charge is -2.22. The van der Waals surface area contributed by atoms with Gasteiger partial charge in [0.2, 0.25) is 0 Å². The van der Waals surface area contributed by atoms with Crippen LogP contribution in [-0.4, -0.2) is 6.54 Å². The Balaban J connectivity index is 3.13. The van der Waals surface area contributed by atoms with Gasteiger partial charge in [-0.1, -0.05) is 35.8 Å². The molecule has 16 heavy (non-hydrogen) atoms. The van der Waals surface area contributed by atoms with E-state index in [1.165, 1.54) is 0 Å². The highest BCUT2D eigenvalue weighted by molar-refractivity contribution is 9.10. The van der Waals surface area contributed by atoms with E-state index in [4.69, 9.17) is 5.73 Å². The summed E-state index contributed by atoms with van der Waals surface area (Å²) in [4.78, 5) is 0. The molecule has 0 aliphatic heterocycles. The van der Waals surface area contributed by atoms with Gasteiger partial charge in [-0.15, -0.1) is 0 Å². The first-order chi connectivity index (χ1) is 7.47. The maximum absolute atomic E-state index is 13.9. The molecule has 0 aliphatic rings. The Morgan fingerprint density at radius 2 is 2.00 bits per heavy atom. The van der Waals surface area contributed by atoms with Crippen LogP contribution in [0.4, 0.5) is 4.39 Å². The number of aryl methyl sites for hydroxylation is 1. The third-order valence-corrected chi connectivity index (χ3v) is 3.81. The molecule has 1 aromatic carbocycles. The summed E-state index contributed by atoms with van der Waals surface area (Å²) >= 11 is 3.34. The van der Waals surface area contributed by atoms with Crippen LogP contribution in [0, 0.1) is 18.7 Å². The minimum absolute atomic E-state index is 0.135. The SMILES string of the molecule is Cc1cc(C(CCN)C(C)C)c(F)cc1Br. The largest absolute Gasteiger partial charge is 0.330 e. The van der Waals surface area contributed by atoms with Gasteiger partial charge < -0.3 is 5.73 Å². The molecule has 0 fully saturated rings. The van der Waals surface area contributed by atoms with Gasteiger partial charge in [-0.3, -0.25) is 0 Å². The van der Waals surface area contributed by atoms with Gasteiger partial charge >= 0.3 is 0 Å². The van der Waals surface area contributed by atoms with Crippen LogP contribution in [0.2, 0.25) is 0 Å². The van der Waals surface area contributed by atoms with E-state index in [-0.39, 0.29) is 11.7 Å². The lowest BCUT2D eigenvalue weighted by atomic mass is 9.85. The quantitative estimate of drug-likeness (QED) is 0.891. The predicted molar refractivity (Wildman–Crippen MR) is 70.1 cm³/mol. The van der Waals surface area contributed by atoms with Crippen LogP contribution in [0.15, 0.2) is 16.6 Å². The van der Waals surface area contributed by atoms with Gasteiger partial charge in [0.05, 0.1) is 0 Å². The van der Waals surface area contributed by atoms with Crippen LogP contribution < -0.4 is 5.73 Å². The molecule has 0 amide bonds. The fraction of sp³-hybridized carbons (Fsp3) is 0.538. The van der Waals surface area contributed by atoms with Gasteiger partial charge in [-0.2, -0.15) is 0 Å². The van der Waals surface area contributed by atoms with E-state index in [1.807, 2.05) is 13.0 Å². The number of halogens is 2. The van der Waals surface area contributed by atoms with Gasteiger partial charge in [-0.05, 0) is 48.9 Å². The highest BCUT2D eigenvalue weighted by Crippen LogP contribution is 2.32. The van der Waals surface area contributed by atoms with Crippen molar-refractivity contribution in [1.82, 2.24) is 0 Å². The Bertz CT molecular complexity index is 363. The van der Waals surface area contributed by atoms with Crippen LogP contribution in [-0.2, 0) is 0 Å². The first kappa shape index (κ1) is 13.7. The van der Waals surface area contributed by atoms with Gasteiger partial charge in [0.1, 0.15) is 5.82 Å². The van der Waals surface area contributed by atoms with Crippen LogP contribution in [0.3, 0.4) is 0 Å². The lowest BCUT2D eigenvalue weighted by molar-refractivity contribution is 0.451. The predicted octanol–water partition coefficient (Wildman–Crippen LogP) is 3.99. The number of hydrogen-bond acceptors (Lipinski definition) is 1. The topological polar surface area (TPSA) is 26.0 Å². The van der Waals surface area contributed by atoms with Crippen LogP contribution in [0.1, 0.15) is 37.3 Å². The molecule has 0 bridgehead atoms. The van der Waals surface area contributed by atoms with E-state index in [2.05, 4.69) is 29.8 Å². The highest BCUT2D eigenvalue weighted by atomic mass is 79.9. The summed E-state index contributed by atoms with van der Waals surface area (Å²) < 4.78 is 14.7. The second-order valence-corrected chi connectivity index (χ2v) is 5.41. The van der Waals surface area contributed by atoms with Gasteiger partial charge in [0.15, 0.2) is 0 Å². The molecular weight excluding hydrogens is 269 g/mol. The molecule has 0 spiro atoms. The second-order valence-electron chi connectivity index (χ2n) is 4.55. The summed E-state index contributed by atoms with van der Waals surface area (Å²) in [5, 5.41) is 0. The van der Waals surface area contributed by atoms with E-state index in [9.17, 15) is 4.39 Å². The molecule has 1 aromatic rings. The first-order valence-corrected chi connectivity index (χ1v) is 6.42. The van der Waals surface area contributed by atoms with Crippen molar-refractivity contribution in [2.75, 3.05) is 6.54 Å². The monoisotopic (exact) mass is 287 g/mol. The van der Waals surface area contributed by atoms with E-state index < -0.39 is 0 Å². The van der Waals surface area contributed by atoms with Crippen molar-refractivity contribution in [3.63, 3.8) is 0 Å². The molecule has 0 saturated heterocycles. The summed E-state index contributed by atoms with van der Waals surface area (Å²) in [5.41, 5.74) is 7.45. The Kier molecular flexibility index (Phi) is 4.93. The van der Waals surface area contributed by atoms with Crippen LogP contribution in [0.5, 0.6) is 0 Å². The molecule has 90 valence electrons. The average Bonchev–Trinajstić information content (AvgIpc) is 2.20. The van der Waals surface area contributed by atoms with E-state index in [0.717, 1.165) is 22.0 Å². The van der Waals surface area contributed by atoms with Crippen molar-refractivity contribution in [3.05, 3.63) is 33.5 Å². The zero-order valence-electron chi connectivity index (χ0n) is 10.1. The van der Waals surface area contributed by atoms with Crippen molar-refractivity contribution in [1.29, 1.82) is 0 Å². The zero-order valence-corrected chi connectivity index (χ0v) is 11.6. The molecule has 1 unspecified atom stereocenters. The van der Waals surface area contributed by atoms with Crippen molar-refractivity contribution in [2.45, 2.75) is 33.1 Å². The van der Waals surface area contributed by atoms with E-state index >= 15 is 0 Å². The van der Waals surface area contributed by atoms with Crippen molar-refractivity contribution in [3.8, 4) is 0 Å². The molecule has 0 saturated carbocycles. The average molecular weight is 288 g/mol. The summed E-state index contributed by atoms with van der Waals surface area (Å²) in [6.07, 6.45) is 0.829. The molecular formula is C13H19BrFN. The standard InChI is InChI=1S/C13H19BrFN/c1-8(2)10(4-5-16)11-6-9(3)12(14)7-13(11)15/h6-8,10H,4-5,16H2,1-3H3. The number of benzene rings is 1. The van der Waals surface area contributed by atoms with Crippen molar-refractivity contribution in [2.24, 2.45) is 11.7 Å². The highest BCUT2D eigenvalue weighted by Gasteiger charge is 2.19. The Hall–Kier alpha value is -0.410. The van der Waals surface area contributed by atoms with E-state index in [1.54, 1.807) is 6.07 Å². The molecule has 1 rings (SSSR count). The van der Waals surface area contributed by atoms with Crippen LogP contribution in [0.25, 0.3) is 0 Å². The molecule has 2 N–H and O–H groups in total. The first-order valence-electron chi connectivity index (χ1n) is 5.63. The third kappa shape index (κ3) is 3.05. The van der Waals surface area contributed by atoms with Crippen molar-refractivity contribution >= 4 is 15.9 Å². The Labute approximate surface area is 105 Å². The fourth-order valence-corrected chi connectivity index (χ4v) is 2.31. The lowest BCUT2D eigenvalue weighted by Crippen LogP contribution is -2.14. The molecule has 0 aliphatic carbocycles. The molecule has 1 atom stereocenters. The molecule has 0 heterocycles. The molecule has 0 radical (unpaired) electrons. The summed E-state index contributed by atoms with van der Waals surface area (Å²) in [6, 6.07) is 3.48. The Morgan fingerprint density at radius 3 is 2.50 bits per heavy atom. The smallest absolute Gasteiger partial charge is 0.127 e.